The van der Waals surface area contributed by atoms with Gasteiger partial charge in [-0.2, -0.15) is 0 Å². The second-order valence-electron chi connectivity index (χ2n) is 3.41. The number of alkyl halides is 1. The van der Waals surface area contributed by atoms with Gasteiger partial charge in [-0.1, -0.05) is 46.3 Å². The first-order chi connectivity index (χ1) is 7.36. The van der Waals surface area contributed by atoms with Crippen molar-refractivity contribution in [3.8, 4) is 5.75 Å². The number of methoxy groups -OCH3 is 1. The number of hydrogen-bond donors (Lipinski definition) is 0. The van der Waals surface area contributed by atoms with Crippen LogP contribution in [0.2, 0.25) is 0 Å². The highest BCUT2D eigenvalue weighted by atomic mass is 79.9. The first-order valence-electron chi connectivity index (χ1n) is 4.97. The van der Waals surface area contributed by atoms with Gasteiger partial charge in [-0.05, 0) is 23.3 Å². The maximum absolute atomic E-state index is 5.39. The average Bonchev–Trinajstić information content (AvgIpc) is 2.30. The van der Waals surface area contributed by atoms with Crippen LogP contribution in [0, 0.1) is 0 Å². The van der Waals surface area contributed by atoms with Crippen LogP contribution in [-0.4, -0.2) is 12.4 Å². The lowest BCUT2D eigenvalue weighted by Gasteiger charge is -2.10. The van der Waals surface area contributed by atoms with Crippen molar-refractivity contribution in [1.82, 2.24) is 0 Å². The van der Waals surface area contributed by atoms with E-state index >= 15 is 0 Å². The summed E-state index contributed by atoms with van der Waals surface area (Å²) in [7, 11) is 1.72. The Morgan fingerprint density at radius 1 is 1.13 bits per heavy atom. The van der Waals surface area contributed by atoms with E-state index in [4.69, 9.17) is 4.74 Å². The number of ether oxygens (including phenoxy) is 1. The van der Waals surface area contributed by atoms with Crippen LogP contribution in [0.15, 0.2) is 36.4 Å². The van der Waals surface area contributed by atoms with E-state index in [9.17, 15) is 0 Å². The summed E-state index contributed by atoms with van der Waals surface area (Å²) in [6.07, 6.45) is 0.991. The van der Waals surface area contributed by atoms with E-state index in [0.29, 0.717) is 0 Å². The van der Waals surface area contributed by atoms with Crippen molar-refractivity contribution in [2.75, 3.05) is 12.4 Å². The van der Waals surface area contributed by atoms with Crippen LogP contribution in [0.1, 0.15) is 5.56 Å². The second-order valence-corrected chi connectivity index (χ2v) is 4.20. The summed E-state index contributed by atoms with van der Waals surface area (Å²) < 4.78 is 5.39. The molecule has 0 unspecified atom stereocenters. The Labute approximate surface area is 98.2 Å². The molecule has 0 saturated heterocycles. The highest BCUT2D eigenvalue weighted by Crippen LogP contribution is 2.28. The number of hydrogen-bond acceptors (Lipinski definition) is 1. The van der Waals surface area contributed by atoms with E-state index in [1.807, 2.05) is 6.07 Å². The van der Waals surface area contributed by atoms with Crippen LogP contribution in [0.4, 0.5) is 0 Å². The normalized spacial score (nSPS) is 10.5. The summed E-state index contributed by atoms with van der Waals surface area (Å²) in [5.74, 6) is 0.980. The van der Waals surface area contributed by atoms with Gasteiger partial charge in [0.25, 0.3) is 0 Å². The van der Waals surface area contributed by atoms with Gasteiger partial charge >= 0.3 is 0 Å². The molecule has 0 aliphatic carbocycles. The standard InChI is InChI=1S/C13H13BrO/c1-15-13-7-6-10-4-2-3-5-11(10)12(13)8-9-14/h2-7H,8-9H2,1H3. The third-order valence-corrected chi connectivity index (χ3v) is 2.96. The van der Waals surface area contributed by atoms with Crippen LogP contribution in [0.5, 0.6) is 5.75 Å². The Hall–Kier alpha value is -1.02. The zero-order chi connectivity index (χ0) is 10.7. The van der Waals surface area contributed by atoms with Gasteiger partial charge < -0.3 is 4.74 Å². The SMILES string of the molecule is COc1ccc2ccccc2c1CCBr. The van der Waals surface area contributed by atoms with Gasteiger partial charge in [0.15, 0.2) is 0 Å². The maximum Gasteiger partial charge on any atom is 0.122 e. The minimum atomic E-state index is 0.956. The lowest BCUT2D eigenvalue weighted by molar-refractivity contribution is 0.411. The summed E-state index contributed by atoms with van der Waals surface area (Å²) in [4.78, 5) is 0. The molecule has 0 spiro atoms. The lowest BCUT2D eigenvalue weighted by atomic mass is 10.0. The number of benzene rings is 2. The molecule has 2 heteroatoms. The summed E-state index contributed by atoms with van der Waals surface area (Å²) in [6, 6.07) is 12.6. The van der Waals surface area contributed by atoms with Gasteiger partial charge in [0, 0.05) is 10.9 Å². The third kappa shape index (κ3) is 2.00. The molecule has 2 rings (SSSR count). The van der Waals surface area contributed by atoms with Crippen molar-refractivity contribution in [2.24, 2.45) is 0 Å². The fourth-order valence-electron chi connectivity index (χ4n) is 1.86. The predicted octanol–water partition coefficient (Wildman–Crippen LogP) is 3.79. The van der Waals surface area contributed by atoms with E-state index < -0.39 is 0 Å². The predicted molar refractivity (Wildman–Crippen MR) is 68.0 cm³/mol. The molecule has 2 aromatic rings. The van der Waals surface area contributed by atoms with Crippen LogP contribution >= 0.6 is 15.9 Å². The first kappa shape index (κ1) is 10.5. The highest BCUT2D eigenvalue weighted by molar-refractivity contribution is 9.09. The minimum absolute atomic E-state index is 0.956. The quantitative estimate of drug-likeness (QED) is 0.767. The summed E-state index contributed by atoms with van der Waals surface area (Å²) in [5, 5.41) is 3.52. The molecule has 0 N–H and O–H groups in total. The molecule has 0 aliphatic rings. The van der Waals surface area contributed by atoms with Gasteiger partial charge in [0.1, 0.15) is 5.75 Å². The number of halogens is 1. The second kappa shape index (κ2) is 4.67. The van der Waals surface area contributed by atoms with E-state index in [-0.39, 0.29) is 0 Å². The van der Waals surface area contributed by atoms with E-state index in [1.54, 1.807) is 7.11 Å². The van der Waals surface area contributed by atoms with Crippen molar-refractivity contribution >= 4 is 26.7 Å². The molecule has 2 aromatic carbocycles. The third-order valence-electron chi connectivity index (χ3n) is 2.56. The Balaban J connectivity index is 2.67. The highest BCUT2D eigenvalue weighted by Gasteiger charge is 2.06. The Morgan fingerprint density at radius 3 is 2.67 bits per heavy atom. The number of fused-ring (bicyclic) bond motifs is 1. The van der Waals surface area contributed by atoms with Crippen LogP contribution in [-0.2, 0) is 6.42 Å². The van der Waals surface area contributed by atoms with Crippen molar-refractivity contribution in [2.45, 2.75) is 6.42 Å². The molecule has 0 fully saturated rings. The lowest BCUT2D eigenvalue weighted by Crippen LogP contribution is -1.94. The van der Waals surface area contributed by atoms with Crippen molar-refractivity contribution in [3.63, 3.8) is 0 Å². The van der Waals surface area contributed by atoms with Gasteiger partial charge in [-0.25, -0.2) is 0 Å². The van der Waals surface area contributed by atoms with Crippen LogP contribution < -0.4 is 4.74 Å². The minimum Gasteiger partial charge on any atom is -0.496 e. The summed E-state index contributed by atoms with van der Waals surface area (Å²) >= 11 is 3.48. The van der Waals surface area contributed by atoms with Gasteiger partial charge in [0.05, 0.1) is 7.11 Å². The molecule has 0 radical (unpaired) electrons. The van der Waals surface area contributed by atoms with E-state index in [1.165, 1.54) is 16.3 Å². The van der Waals surface area contributed by atoms with Crippen molar-refractivity contribution < 1.29 is 4.74 Å². The molecule has 0 aliphatic heterocycles. The van der Waals surface area contributed by atoms with Gasteiger partial charge in [-0.15, -0.1) is 0 Å². The van der Waals surface area contributed by atoms with Crippen molar-refractivity contribution in [3.05, 3.63) is 42.0 Å². The fourth-order valence-corrected chi connectivity index (χ4v) is 2.26. The molecular formula is C13H13BrO. The van der Waals surface area contributed by atoms with Crippen LogP contribution in [0.25, 0.3) is 10.8 Å². The monoisotopic (exact) mass is 264 g/mol. The summed E-state index contributed by atoms with van der Waals surface area (Å²) in [5.41, 5.74) is 1.28. The molecular weight excluding hydrogens is 252 g/mol. The zero-order valence-electron chi connectivity index (χ0n) is 8.66. The fraction of sp³-hybridized carbons (Fsp3) is 0.231. The molecule has 15 heavy (non-hydrogen) atoms. The summed E-state index contributed by atoms with van der Waals surface area (Å²) in [6.45, 7) is 0. The smallest absolute Gasteiger partial charge is 0.122 e. The van der Waals surface area contributed by atoms with Crippen LogP contribution in [0.3, 0.4) is 0 Å². The van der Waals surface area contributed by atoms with Gasteiger partial charge in [-0.3, -0.25) is 0 Å². The van der Waals surface area contributed by atoms with Crippen molar-refractivity contribution in [1.29, 1.82) is 0 Å². The van der Waals surface area contributed by atoms with E-state index in [2.05, 4.69) is 46.3 Å². The maximum atomic E-state index is 5.39. The largest absolute Gasteiger partial charge is 0.496 e. The molecule has 1 nitrogen and oxygen atoms in total. The first-order valence-corrected chi connectivity index (χ1v) is 6.09. The van der Waals surface area contributed by atoms with E-state index in [0.717, 1.165) is 17.5 Å². The average molecular weight is 265 g/mol. The molecule has 0 heterocycles. The Bertz CT molecular complexity index is 465. The molecule has 0 aromatic heterocycles. The molecule has 78 valence electrons. The topological polar surface area (TPSA) is 9.23 Å². The molecule has 0 atom stereocenters. The molecule has 0 bridgehead atoms. The number of aryl methyl sites for hydroxylation is 1. The zero-order valence-corrected chi connectivity index (χ0v) is 10.3. The Kier molecular flexibility index (Phi) is 3.27. The van der Waals surface area contributed by atoms with Gasteiger partial charge in [0.2, 0.25) is 0 Å². The number of rotatable bonds is 3. The molecule has 0 amide bonds. The molecule has 0 saturated carbocycles. The Morgan fingerprint density at radius 2 is 1.93 bits per heavy atom.